The third-order valence-corrected chi connectivity index (χ3v) is 3.23. The molecule has 0 saturated carbocycles. The lowest BCUT2D eigenvalue weighted by Crippen LogP contribution is -2.19. The Morgan fingerprint density at radius 2 is 2.29 bits per heavy atom. The average molecular weight is 289 g/mol. The highest BCUT2D eigenvalue weighted by molar-refractivity contribution is 5.99. The molecule has 0 fully saturated rings. The molecular weight excluding hydrogens is 270 g/mol. The molecule has 21 heavy (non-hydrogen) atoms. The van der Waals surface area contributed by atoms with E-state index in [1.807, 2.05) is 31.2 Å². The molecular formula is C15H19N3O3. The van der Waals surface area contributed by atoms with Gasteiger partial charge in [0.15, 0.2) is 5.84 Å². The Balaban J connectivity index is 2.10. The predicted molar refractivity (Wildman–Crippen MR) is 79.5 cm³/mol. The molecule has 6 heteroatoms. The van der Waals surface area contributed by atoms with Gasteiger partial charge in [-0.05, 0) is 36.8 Å². The van der Waals surface area contributed by atoms with Crippen LogP contribution in [0.2, 0.25) is 0 Å². The van der Waals surface area contributed by atoms with Crippen LogP contribution in [0.5, 0.6) is 5.75 Å². The van der Waals surface area contributed by atoms with Gasteiger partial charge < -0.3 is 25.4 Å². The van der Waals surface area contributed by atoms with Gasteiger partial charge in [-0.25, -0.2) is 0 Å². The van der Waals surface area contributed by atoms with Gasteiger partial charge in [0.2, 0.25) is 0 Å². The number of hydrogen-bond donors (Lipinski definition) is 3. The van der Waals surface area contributed by atoms with Gasteiger partial charge in [0.25, 0.3) is 0 Å². The maximum atomic E-state index is 8.82. The zero-order valence-electron chi connectivity index (χ0n) is 12.0. The lowest BCUT2D eigenvalue weighted by Gasteiger charge is -2.13. The molecule has 1 heterocycles. The van der Waals surface area contributed by atoms with Crippen molar-refractivity contribution in [1.29, 1.82) is 0 Å². The Hall–Kier alpha value is -2.47. The van der Waals surface area contributed by atoms with Crippen molar-refractivity contribution in [3.05, 3.63) is 53.5 Å². The van der Waals surface area contributed by atoms with Crippen LogP contribution in [0.25, 0.3) is 0 Å². The van der Waals surface area contributed by atoms with Gasteiger partial charge in [-0.2, -0.15) is 0 Å². The van der Waals surface area contributed by atoms with Crippen LogP contribution in [0.1, 0.15) is 29.9 Å². The highest BCUT2D eigenvalue weighted by atomic mass is 16.5. The standard InChI is InChI=1S/C15H19N3O3/c1-10(13-4-3-7-21-13)17-9-11-5-6-14(20-2)12(8-11)15(16)18-19/h3-8,10,17,19H,9H2,1-2H3,(H2,16,18)/t10-/m0/s1. The fraction of sp³-hybridized carbons (Fsp3) is 0.267. The minimum atomic E-state index is 0.0211. The Kier molecular flexibility index (Phi) is 4.84. The number of benzene rings is 1. The summed E-state index contributed by atoms with van der Waals surface area (Å²) in [5.74, 6) is 1.46. The third-order valence-electron chi connectivity index (χ3n) is 3.23. The van der Waals surface area contributed by atoms with Crippen molar-refractivity contribution in [3.63, 3.8) is 0 Å². The highest BCUT2D eigenvalue weighted by Gasteiger charge is 2.11. The van der Waals surface area contributed by atoms with E-state index in [0.29, 0.717) is 17.9 Å². The minimum absolute atomic E-state index is 0.0211. The van der Waals surface area contributed by atoms with Gasteiger partial charge in [-0.1, -0.05) is 11.2 Å². The number of furan rings is 1. The summed E-state index contributed by atoms with van der Waals surface area (Å²) in [5.41, 5.74) is 7.21. The van der Waals surface area contributed by atoms with Crippen molar-refractivity contribution in [3.8, 4) is 5.75 Å². The lowest BCUT2D eigenvalue weighted by atomic mass is 10.1. The molecule has 0 radical (unpaired) electrons. The summed E-state index contributed by atoms with van der Waals surface area (Å²) in [4.78, 5) is 0. The number of methoxy groups -OCH3 is 1. The van der Waals surface area contributed by atoms with Gasteiger partial charge in [-0.3, -0.25) is 0 Å². The van der Waals surface area contributed by atoms with E-state index in [0.717, 1.165) is 11.3 Å². The van der Waals surface area contributed by atoms with E-state index in [-0.39, 0.29) is 11.9 Å². The van der Waals surface area contributed by atoms with Crippen molar-refractivity contribution in [2.75, 3.05) is 7.11 Å². The molecule has 0 aliphatic rings. The maximum absolute atomic E-state index is 8.82. The lowest BCUT2D eigenvalue weighted by molar-refractivity contribution is 0.318. The summed E-state index contributed by atoms with van der Waals surface area (Å²) in [6, 6.07) is 9.42. The first-order valence-corrected chi connectivity index (χ1v) is 6.57. The number of nitrogens with two attached hydrogens (primary N) is 1. The number of nitrogens with zero attached hydrogens (tertiary/aromatic N) is 1. The van der Waals surface area contributed by atoms with E-state index in [1.54, 1.807) is 19.4 Å². The second-order valence-corrected chi connectivity index (χ2v) is 4.64. The molecule has 2 rings (SSSR count). The first-order valence-electron chi connectivity index (χ1n) is 6.57. The molecule has 0 unspecified atom stereocenters. The van der Waals surface area contributed by atoms with E-state index in [9.17, 15) is 0 Å². The molecule has 0 aliphatic heterocycles. The van der Waals surface area contributed by atoms with Crippen LogP contribution in [0.15, 0.2) is 46.2 Å². The zero-order chi connectivity index (χ0) is 15.2. The molecule has 1 aromatic heterocycles. The van der Waals surface area contributed by atoms with Crippen molar-refractivity contribution >= 4 is 5.84 Å². The Labute approximate surface area is 123 Å². The fourth-order valence-electron chi connectivity index (χ4n) is 2.03. The number of hydrogen-bond acceptors (Lipinski definition) is 5. The van der Waals surface area contributed by atoms with Crippen LogP contribution >= 0.6 is 0 Å². The van der Waals surface area contributed by atoms with Crippen LogP contribution in [0.4, 0.5) is 0 Å². The van der Waals surface area contributed by atoms with E-state index < -0.39 is 0 Å². The second kappa shape index (κ2) is 6.81. The van der Waals surface area contributed by atoms with Gasteiger partial charge in [0.05, 0.1) is 25.0 Å². The van der Waals surface area contributed by atoms with E-state index in [1.165, 1.54) is 0 Å². The normalized spacial score (nSPS) is 13.1. The fourth-order valence-corrected chi connectivity index (χ4v) is 2.03. The summed E-state index contributed by atoms with van der Waals surface area (Å²) in [7, 11) is 1.54. The average Bonchev–Trinajstić information content (AvgIpc) is 3.06. The van der Waals surface area contributed by atoms with Gasteiger partial charge in [-0.15, -0.1) is 0 Å². The smallest absolute Gasteiger partial charge is 0.173 e. The Bertz CT molecular complexity index is 609. The zero-order valence-corrected chi connectivity index (χ0v) is 12.0. The largest absolute Gasteiger partial charge is 0.496 e. The van der Waals surface area contributed by atoms with Crippen molar-refractivity contribution in [2.24, 2.45) is 10.9 Å². The van der Waals surface area contributed by atoms with E-state index in [2.05, 4.69) is 10.5 Å². The summed E-state index contributed by atoms with van der Waals surface area (Å²) in [5, 5.41) is 15.2. The van der Waals surface area contributed by atoms with Gasteiger partial charge in [0.1, 0.15) is 11.5 Å². The first-order chi connectivity index (χ1) is 10.2. The summed E-state index contributed by atoms with van der Waals surface area (Å²) in [6.07, 6.45) is 1.65. The van der Waals surface area contributed by atoms with Crippen molar-refractivity contribution < 1.29 is 14.4 Å². The quantitative estimate of drug-likeness (QED) is 0.328. The minimum Gasteiger partial charge on any atom is -0.496 e. The Morgan fingerprint density at radius 3 is 2.90 bits per heavy atom. The first kappa shape index (κ1) is 14.9. The van der Waals surface area contributed by atoms with Gasteiger partial charge in [0, 0.05) is 6.54 Å². The predicted octanol–water partition coefficient (Wildman–Crippen LogP) is 2.23. The Morgan fingerprint density at radius 1 is 1.48 bits per heavy atom. The molecule has 112 valence electrons. The van der Waals surface area contributed by atoms with Gasteiger partial charge >= 0.3 is 0 Å². The molecule has 0 bridgehead atoms. The number of ether oxygens (including phenoxy) is 1. The van der Waals surface area contributed by atoms with Crippen molar-refractivity contribution in [1.82, 2.24) is 5.32 Å². The summed E-state index contributed by atoms with van der Waals surface area (Å²) < 4.78 is 10.5. The van der Waals surface area contributed by atoms with Crippen LogP contribution in [0.3, 0.4) is 0 Å². The molecule has 0 aliphatic carbocycles. The topological polar surface area (TPSA) is 93.0 Å². The summed E-state index contributed by atoms with van der Waals surface area (Å²) in [6.45, 7) is 2.64. The molecule has 1 aromatic carbocycles. The molecule has 1 atom stereocenters. The van der Waals surface area contributed by atoms with Crippen LogP contribution in [0, 0.1) is 0 Å². The number of nitrogens with one attached hydrogen (secondary N) is 1. The second-order valence-electron chi connectivity index (χ2n) is 4.64. The van der Waals surface area contributed by atoms with Crippen LogP contribution in [-0.4, -0.2) is 18.2 Å². The number of oxime groups is 1. The van der Waals surface area contributed by atoms with Crippen molar-refractivity contribution in [2.45, 2.75) is 19.5 Å². The molecule has 0 spiro atoms. The molecule has 4 N–H and O–H groups in total. The number of rotatable bonds is 6. The number of amidine groups is 1. The summed E-state index contributed by atoms with van der Waals surface area (Å²) >= 11 is 0. The maximum Gasteiger partial charge on any atom is 0.173 e. The van der Waals surface area contributed by atoms with Crippen LogP contribution < -0.4 is 15.8 Å². The van der Waals surface area contributed by atoms with E-state index >= 15 is 0 Å². The third kappa shape index (κ3) is 3.55. The molecule has 6 nitrogen and oxygen atoms in total. The highest BCUT2D eigenvalue weighted by Crippen LogP contribution is 2.20. The molecule has 2 aromatic rings. The monoisotopic (exact) mass is 289 g/mol. The SMILES string of the molecule is COc1ccc(CN[C@@H](C)c2ccco2)cc1/C(N)=N/O. The molecule has 0 amide bonds. The van der Waals surface area contributed by atoms with Crippen LogP contribution in [-0.2, 0) is 6.54 Å². The molecule has 0 saturated heterocycles. The van der Waals surface area contributed by atoms with E-state index in [4.69, 9.17) is 20.1 Å².